The number of thiazole rings is 2. The quantitative estimate of drug-likeness (QED) is 0.508. The second-order valence-electron chi connectivity index (χ2n) is 5.22. The Morgan fingerprint density at radius 1 is 1.17 bits per heavy atom. The molecule has 0 aliphatic rings. The summed E-state index contributed by atoms with van der Waals surface area (Å²) < 4.78 is 2.04. The summed E-state index contributed by atoms with van der Waals surface area (Å²) in [6.07, 6.45) is 1.99. The molecule has 4 aromatic rings. The molecule has 0 bridgehead atoms. The van der Waals surface area contributed by atoms with Gasteiger partial charge in [0.1, 0.15) is 10.7 Å². The monoisotopic (exact) mass is 339 g/mol. The van der Waals surface area contributed by atoms with Gasteiger partial charge in [0.05, 0.1) is 16.3 Å². The van der Waals surface area contributed by atoms with Crippen LogP contribution in [0, 0.1) is 6.92 Å². The summed E-state index contributed by atoms with van der Waals surface area (Å²) in [5.41, 5.74) is 3.61. The Kier molecular flexibility index (Phi) is 3.36. The predicted molar refractivity (Wildman–Crippen MR) is 94.4 cm³/mol. The fourth-order valence-corrected chi connectivity index (χ4v) is 4.44. The first-order valence-electron chi connectivity index (χ1n) is 7.15. The molecule has 0 unspecified atom stereocenters. The molecule has 0 radical (unpaired) electrons. The SMILES string of the molecule is CC(=O)c1sc(-c2c(C)nc3sccn23)nc1-c1ccccc1. The van der Waals surface area contributed by atoms with E-state index in [0.717, 1.165) is 32.6 Å². The minimum atomic E-state index is 0.0383. The molecule has 1 aromatic carbocycles. The van der Waals surface area contributed by atoms with E-state index in [0.29, 0.717) is 4.88 Å². The number of fused-ring (bicyclic) bond motifs is 1. The van der Waals surface area contributed by atoms with E-state index in [-0.39, 0.29) is 5.78 Å². The molecule has 0 fully saturated rings. The van der Waals surface area contributed by atoms with Gasteiger partial charge in [-0.3, -0.25) is 9.20 Å². The van der Waals surface area contributed by atoms with Crippen LogP contribution in [0.3, 0.4) is 0 Å². The van der Waals surface area contributed by atoms with E-state index >= 15 is 0 Å². The van der Waals surface area contributed by atoms with Gasteiger partial charge in [-0.05, 0) is 6.92 Å². The van der Waals surface area contributed by atoms with Gasteiger partial charge in [0, 0.05) is 24.1 Å². The van der Waals surface area contributed by atoms with Gasteiger partial charge in [-0.15, -0.1) is 22.7 Å². The summed E-state index contributed by atoms with van der Waals surface area (Å²) in [6, 6.07) is 9.84. The number of hydrogen-bond donors (Lipinski definition) is 0. The molecule has 0 atom stereocenters. The summed E-state index contributed by atoms with van der Waals surface area (Å²) in [5, 5.41) is 2.83. The van der Waals surface area contributed by atoms with E-state index in [1.165, 1.54) is 11.3 Å². The molecule has 114 valence electrons. The first-order valence-corrected chi connectivity index (χ1v) is 8.84. The Bertz CT molecular complexity index is 1010. The maximum absolute atomic E-state index is 12.1. The molecule has 3 aromatic heterocycles. The number of aromatic nitrogens is 3. The molecule has 0 N–H and O–H groups in total. The van der Waals surface area contributed by atoms with Gasteiger partial charge in [0.2, 0.25) is 0 Å². The van der Waals surface area contributed by atoms with Crippen LogP contribution in [-0.2, 0) is 0 Å². The van der Waals surface area contributed by atoms with Gasteiger partial charge < -0.3 is 0 Å². The molecule has 0 spiro atoms. The second kappa shape index (κ2) is 5.40. The molecule has 4 nitrogen and oxygen atoms in total. The van der Waals surface area contributed by atoms with Crippen molar-refractivity contribution in [3.8, 4) is 22.0 Å². The van der Waals surface area contributed by atoms with E-state index in [4.69, 9.17) is 4.98 Å². The third kappa shape index (κ3) is 2.31. The van der Waals surface area contributed by atoms with Crippen LogP contribution in [-0.4, -0.2) is 20.2 Å². The lowest BCUT2D eigenvalue weighted by atomic mass is 10.1. The number of carbonyl (C=O) groups is 1. The topological polar surface area (TPSA) is 47.3 Å². The molecular weight excluding hydrogens is 326 g/mol. The zero-order valence-electron chi connectivity index (χ0n) is 12.6. The first kappa shape index (κ1) is 14.3. The number of aryl methyl sites for hydroxylation is 1. The van der Waals surface area contributed by atoms with Gasteiger partial charge in [-0.1, -0.05) is 30.3 Å². The molecule has 6 heteroatoms. The van der Waals surface area contributed by atoms with E-state index in [1.807, 2.05) is 53.2 Å². The second-order valence-corrected chi connectivity index (χ2v) is 7.09. The van der Waals surface area contributed by atoms with Gasteiger partial charge in [-0.25, -0.2) is 9.97 Å². The highest BCUT2D eigenvalue weighted by Crippen LogP contribution is 2.36. The Balaban J connectivity index is 1.96. The van der Waals surface area contributed by atoms with Crippen molar-refractivity contribution >= 4 is 33.4 Å². The fraction of sp³-hybridized carbons (Fsp3) is 0.118. The number of Topliss-reactive ketones (excluding diaryl/α,β-unsaturated/α-hetero) is 1. The first-order chi connectivity index (χ1) is 11.1. The van der Waals surface area contributed by atoms with Crippen molar-refractivity contribution in [1.29, 1.82) is 0 Å². The summed E-state index contributed by atoms with van der Waals surface area (Å²) >= 11 is 3.03. The van der Waals surface area contributed by atoms with E-state index in [9.17, 15) is 4.79 Å². The van der Waals surface area contributed by atoms with Crippen LogP contribution >= 0.6 is 22.7 Å². The summed E-state index contributed by atoms with van der Waals surface area (Å²) in [4.78, 5) is 23.0. The number of rotatable bonds is 3. The zero-order valence-corrected chi connectivity index (χ0v) is 14.2. The van der Waals surface area contributed by atoms with Gasteiger partial charge in [0.15, 0.2) is 10.7 Å². The van der Waals surface area contributed by atoms with Crippen LogP contribution in [0.4, 0.5) is 0 Å². The number of imidazole rings is 1. The number of nitrogens with zero attached hydrogens (tertiary/aromatic N) is 3. The maximum Gasteiger partial charge on any atom is 0.194 e. The van der Waals surface area contributed by atoms with Crippen LogP contribution in [0.15, 0.2) is 41.9 Å². The molecule has 0 saturated carbocycles. The third-order valence-corrected chi connectivity index (χ3v) is 5.55. The Morgan fingerprint density at radius 2 is 1.96 bits per heavy atom. The summed E-state index contributed by atoms with van der Waals surface area (Å²) in [7, 11) is 0. The van der Waals surface area contributed by atoms with Crippen LogP contribution in [0.25, 0.3) is 26.9 Å². The average molecular weight is 339 g/mol. The van der Waals surface area contributed by atoms with Crippen LogP contribution in [0.1, 0.15) is 22.3 Å². The fourth-order valence-electron chi connectivity index (χ4n) is 2.60. The van der Waals surface area contributed by atoms with E-state index in [2.05, 4.69) is 4.98 Å². The highest BCUT2D eigenvalue weighted by Gasteiger charge is 2.21. The van der Waals surface area contributed by atoms with Crippen molar-refractivity contribution in [2.75, 3.05) is 0 Å². The normalized spacial score (nSPS) is 11.2. The van der Waals surface area contributed by atoms with Gasteiger partial charge in [0.25, 0.3) is 0 Å². The van der Waals surface area contributed by atoms with Crippen molar-refractivity contribution in [3.63, 3.8) is 0 Å². The Hall–Kier alpha value is -2.31. The van der Waals surface area contributed by atoms with Crippen molar-refractivity contribution in [3.05, 3.63) is 52.5 Å². The zero-order chi connectivity index (χ0) is 16.0. The van der Waals surface area contributed by atoms with E-state index < -0.39 is 0 Å². The van der Waals surface area contributed by atoms with Crippen LogP contribution in [0.2, 0.25) is 0 Å². The molecular formula is C17H13N3OS2. The van der Waals surface area contributed by atoms with Crippen molar-refractivity contribution in [2.24, 2.45) is 0 Å². The highest BCUT2D eigenvalue weighted by molar-refractivity contribution is 7.17. The number of hydrogen-bond acceptors (Lipinski definition) is 5. The molecule has 4 rings (SSSR count). The number of benzene rings is 1. The summed E-state index contributed by atoms with van der Waals surface area (Å²) in [6.45, 7) is 3.57. The molecule has 0 amide bonds. The number of carbonyl (C=O) groups excluding carboxylic acids is 1. The molecule has 23 heavy (non-hydrogen) atoms. The lowest BCUT2D eigenvalue weighted by Gasteiger charge is -1.98. The van der Waals surface area contributed by atoms with Gasteiger partial charge in [-0.2, -0.15) is 0 Å². The highest BCUT2D eigenvalue weighted by atomic mass is 32.1. The molecule has 0 saturated heterocycles. The predicted octanol–water partition coefficient (Wildman–Crippen LogP) is 4.70. The van der Waals surface area contributed by atoms with Crippen molar-refractivity contribution < 1.29 is 4.79 Å². The average Bonchev–Trinajstić information content (AvgIpc) is 3.21. The van der Waals surface area contributed by atoms with Gasteiger partial charge >= 0.3 is 0 Å². The lowest BCUT2D eigenvalue weighted by Crippen LogP contribution is -1.91. The Morgan fingerprint density at radius 3 is 2.70 bits per heavy atom. The maximum atomic E-state index is 12.1. The molecule has 3 heterocycles. The Labute approximate surface area is 141 Å². The molecule has 0 aliphatic heterocycles. The summed E-state index contributed by atoms with van der Waals surface area (Å²) in [5.74, 6) is 0.0383. The van der Waals surface area contributed by atoms with Crippen LogP contribution in [0.5, 0.6) is 0 Å². The van der Waals surface area contributed by atoms with Crippen LogP contribution < -0.4 is 0 Å². The van der Waals surface area contributed by atoms with Crippen molar-refractivity contribution in [2.45, 2.75) is 13.8 Å². The lowest BCUT2D eigenvalue weighted by molar-refractivity contribution is 0.102. The standard InChI is InChI=1S/C17H13N3OS2/c1-10-14(20-8-9-22-17(20)18-10)16-19-13(15(23-16)11(2)21)12-6-4-3-5-7-12/h3-9H,1-2H3. The van der Waals surface area contributed by atoms with Crippen molar-refractivity contribution in [1.82, 2.24) is 14.4 Å². The number of ketones is 1. The van der Waals surface area contributed by atoms with E-state index in [1.54, 1.807) is 18.3 Å². The smallest absolute Gasteiger partial charge is 0.194 e. The third-order valence-electron chi connectivity index (χ3n) is 3.63. The minimum absolute atomic E-state index is 0.0383. The minimum Gasteiger partial charge on any atom is -0.294 e. The largest absolute Gasteiger partial charge is 0.294 e. The molecule has 0 aliphatic carbocycles.